The summed E-state index contributed by atoms with van der Waals surface area (Å²) in [6.45, 7) is 7.61. The van der Waals surface area contributed by atoms with Crippen LogP contribution >= 0.6 is 0 Å². The van der Waals surface area contributed by atoms with Crippen LogP contribution in [0.5, 0.6) is 0 Å². The monoisotopic (exact) mass is 340 g/mol. The number of aromatic nitrogens is 2. The largest absolute Gasteiger partial charge is 0.378 e. The van der Waals surface area contributed by atoms with Crippen LogP contribution in [0.4, 0.5) is 11.5 Å². The van der Waals surface area contributed by atoms with Gasteiger partial charge in [-0.1, -0.05) is 18.2 Å². The van der Waals surface area contributed by atoms with Crippen LogP contribution in [0.15, 0.2) is 36.4 Å². The molecule has 3 heterocycles. The number of para-hydroxylation sites is 1. The molecule has 0 saturated carbocycles. The summed E-state index contributed by atoms with van der Waals surface area (Å²) in [4.78, 5) is 13.9. The van der Waals surface area contributed by atoms with Crippen LogP contribution in [0.25, 0.3) is 0 Å². The molecule has 0 amide bonds. The molecular weight excluding hydrogens is 316 g/mol. The zero-order chi connectivity index (χ0) is 17.1. The van der Waals surface area contributed by atoms with Gasteiger partial charge in [0.25, 0.3) is 0 Å². The van der Waals surface area contributed by atoms with Crippen molar-refractivity contribution in [3.05, 3.63) is 47.9 Å². The van der Waals surface area contributed by atoms with Crippen LogP contribution < -0.4 is 9.80 Å². The Morgan fingerprint density at radius 3 is 2.52 bits per heavy atom. The fourth-order valence-corrected chi connectivity index (χ4v) is 3.40. The van der Waals surface area contributed by atoms with Crippen LogP contribution in [0.3, 0.4) is 0 Å². The molecule has 2 aromatic rings. The Morgan fingerprint density at radius 2 is 1.72 bits per heavy atom. The minimum atomic E-state index is -0.0320. The van der Waals surface area contributed by atoms with E-state index in [1.165, 1.54) is 5.69 Å². The maximum Gasteiger partial charge on any atom is 0.132 e. The van der Waals surface area contributed by atoms with Crippen molar-refractivity contribution < 1.29 is 9.47 Å². The first kappa shape index (κ1) is 16.3. The van der Waals surface area contributed by atoms with Gasteiger partial charge in [0.05, 0.1) is 25.5 Å². The number of aryl methyl sites for hydroxylation is 1. The molecule has 25 heavy (non-hydrogen) atoms. The summed E-state index contributed by atoms with van der Waals surface area (Å²) in [6.07, 6.45) is -0.0320. The Hall–Kier alpha value is -2.18. The molecule has 0 radical (unpaired) electrons. The summed E-state index contributed by atoms with van der Waals surface area (Å²) in [7, 11) is 0. The molecule has 0 N–H and O–H groups in total. The Kier molecular flexibility index (Phi) is 4.81. The Bertz CT molecular complexity index is 704. The minimum Gasteiger partial charge on any atom is -0.378 e. The quantitative estimate of drug-likeness (QED) is 0.854. The first-order valence-electron chi connectivity index (χ1n) is 8.89. The van der Waals surface area contributed by atoms with Crippen LogP contribution in [-0.4, -0.2) is 56.0 Å². The zero-order valence-corrected chi connectivity index (χ0v) is 14.6. The van der Waals surface area contributed by atoms with Crippen LogP contribution in [0, 0.1) is 6.92 Å². The first-order valence-corrected chi connectivity index (χ1v) is 8.89. The van der Waals surface area contributed by atoms with E-state index in [9.17, 15) is 0 Å². The van der Waals surface area contributed by atoms with Gasteiger partial charge < -0.3 is 19.3 Å². The van der Waals surface area contributed by atoms with Gasteiger partial charge in [0.2, 0.25) is 0 Å². The SMILES string of the molecule is Cc1nc([C@@H]2CN(c3ccccc3)CCO2)cc(N2CCOCC2)n1. The lowest BCUT2D eigenvalue weighted by Gasteiger charge is -2.35. The lowest BCUT2D eigenvalue weighted by molar-refractivity contribution is 0.0368. The van der Waals surface area contributed by atoms with Gasteiger partial charge in [-0.05, 0) is 19.1 Å². The van der Waals surface area contributed by atoms with Crippen LogP contribution in [-0.2, 0) is 9.47 Å². The Morgan fingerprint density at radius 1 is 0.960 bits per heavy atom. The molecule has 1 atom stereocenters. The molecule has 2 aliphatic rings. The van der Waals surface area contributed by atoms with Gasteiger partial charge in [0.15, 0.2) is 0 Å². The topological polar surface area (TPSA) is 50.7 Å². The summed E-state index contributed by atoms with van der Waals surface area (Å²) >= 11 is 0. The van der Waals surface area contributed by atoms with Crippen molar-refractivity contribution in [1.82, 2.24) is 9.97 Å². The number of rotatable bonds is 3. The summed E-state index contributed by atoms with van der Waals surface area (Å²) < 4.78 is 11.5. The number of hydrogen-bond acceptors (Lipinski definition) is 6. The number of nitrogens with zero attached hydrogens (tertiary/aromatic N) is 4. The molecule has 2 aliphatic heterocycles. The molecule has 6 heteroatoms. The maximum absolute atomic E-state index is 6.04. The van der Waals surface area contributed by atoms with E-state index in [0.717, 1.165) is 56.7 Å². The summed E-state index contributed by atoms with van der Waals surface area (Å²) in [5, 5.41) is 0. The molecular formula is C19H24N4O2. The average Bonchev–Trinajstić information content (AvgIpc) is 2.69. The van der Waals surface area contributed by atoms with Gasteiger partial charge in [0.1, 0.15) is 17.7 Å². The second-order valence-corrected chi connectivity index (χ2v) is 6.44. The van der Waals surface area contributed by atoms with E-state index in [2.05, 4.69) is 50.1 Å². The van der Waals surface area contributed by atoms with Crippen molar-refractivity contribution in [3.63, 3.8) is 0 Å². The highest BCUT2D eigenvalue weighted by Gasteiger charge is 2.25. The van der Waals surface area contributed by atoms with E-state index in [1.54, 1.807) is 0 Å². The number of morpholine rings is 2. The number of hydrogen-bond donors (Lipinski definition) is 0. The Labute approximate surface area is 148 Å². The predicted molar refractivity (Wildman–Crippen MR) is 97.1 cm³/mol. The number of ether oxygens (including phenoxy) is 2. The standard InChI is InChI=1S/C19H24N4O2/c1-15-20-17(13-19(21-15)22-7-10-24-11-8-22)18-14-23(9-12-25-18)16-5-3-2-4-6-16/h2-6,13,18H,7-12,14H2,1H3/t18-/m0/s1. The summed E-state index contributed by atoms with van der Waals surface area (Å²) in [5.74, 6) is 1.77. The molecule has 0 spiro atoms. The van der Waals surface area contributed by atoms with Crippen molar-refractivity contribution in [1.29, 1.82) is 0 Å². The van der Waals surface area contributed by atoms with E-state index < -0.39 is 0 Å². The van der Waals surface area contributed by atoms with Gasteiger partial charge >= 0.3 is 0 Å². The summed E-state index contributed by atoms with van der Waals surface area (Å²) in [5.41, 5.74) is 2.20. The smallest absolute Gasteiger partial charge is 0.132 e. The zero-order valence-electron chi connectivity index (χ0n) is 14.6. The normalized spacial score (nSPS) is 21.4. The van der Waals surface area contributed by atoms with Crippen molar-refractivity contribution in [3.8, 4) is 0 Å². The molecule has 132 valence electrons. The summed E-state index contributed by atoms with van der Waals surface area (Å²) in [6, 6.07) is 12.6. The number of benzene rings is 1. The molecule has 1 aromatic carbocycles. The van der Waals surface area contributed by atoms with Gasteiger partial charge in [0, 0.05) is 37.9 Å². The second kappa shape index (κ2) is 7.37. The van der Waals surface area contributed by atoms with Gasteiger partial charge in [-0.15, -0.1) is 0 Å². The fourth-order valence-electron chi connectivity index (χ4n) is 3.40. The first-order chi connectivity index (χ1) is 12.3. The van der Waals surface area contributed by atoms with E-state index in [-0.39, 0.29) is 6.10 Å². The lowest BCUT2D eigenvalue weighted by atomic mass is 10.1. The lowest BCUT2D eigenvalue weighted by Crippen LogP contribution is -2.39. The van der Waals surface area contributed by atoms with E-state index in [1.807, 2.05) is 13.0 Å². The third-order valence-corrected chi connectivity index (χ3v) is 4.70. The molecule has 1 aromatic heterocycles. The van der Waals surface area contributed by atoms with Gasteiger partial charge in [-0.25, -0.2) is 9.97 Å². The predicted octanol–water partition coefficient (Wildman–Crippen LogP) is 2.20. The average molecular weight is 340 g/mol. The van der Waals surface area contributed by atoms with Crippen molar-refractivity contribution in [2.24, 2.45) is 0 Å². The van der Waals surface area contributed by atoms with Crippen molar-refractivity contribution in [2.75, 3.05) is 55.8 Å². The van der Waals surface area contributed by atoms with Crippen molar-refractivity contribution in [2.45, 2.75) is 13.0 Å². The number of anilines is 2. The minimum absolute atomic E-state index is 0.0320. The molecule has 6 nitrogen and oxygen atoms in total. The molecule has 0 unspecified atom stereocenters. The van der Waals surface area contributed by atoms with E-state index in [0.29, 0.717) is 6.61 Å². The fraction of sp³-hybridized carbons (Fsp3) is 0.474. The molecule has 2 saturated heterocycles. The van der Waals surface area contributed by atoms with Crippen molar-refractivity contribution >= 4 is 11.5 Å². The second-order valence-electron chi connectivity index (χ2n) is 6.44. The van der Waals surface area contributed by atoms with Crippen LogP contribution in [0.1, 0.15) is 17.6 Å². The van der Waals surface area contributed by atoms with E-state index in [4.69, 9.17) is 9.47 Å². The highest BCUT2D eigenvalue weighted by atomic mass is 16.5. The van der Waals surface area contributed by atoms with Gasteiger partial charge in [-0.2, -0.15) is 0 Å². The van der Waals surface area contributed by atoms with Crippen LogP contribution in [0.2, 0.25) is 0 Å². The van der Waals surface area contributed by atoms with Gasteiger partial charge in [-0.3, -0.25) is 0 Å². The Balaban J connectivity index is 1.55. The maximum atomic E-state index is 6.04. The molecule has 4 rings (SSSR count). The van der Waals surface area contributed by atoms with E-state index >= 15 is 0 Å². The third-order valence-electron chi connectivity index (χ3n) is 4.70. The molecule has 0 aliphatic carbocycles. The molecule has 2 fully saturated rings. The highest BCUT2D eigenvalue weighted by Crippen LogP contribution is 2.27. The third kappa shape index (κ3) is 3.75. The molecule has 0 bridgehead atoms. The highest BCUT2D eigenvalue weighted by molar-refractivity contribution is 5.47.